The number of aromatic nitrogens is 4. The highest BCUT2D eigenvalue weighted by atomic mass is 19.3. The topological polar surface area (TPSA) is 118 Å². The molecule has 2 aliphatic rings. The minimum Gasteiger partial charge on any atom is -0.380 e. The molecule has 0 radical (unpaired) electrons. The highest BCUT2D eigenvalue weighted by Gasteiger charge is 2.42. The summed E-state index contributed by atoms with van der Waals surface area (Å²) in [6, 6.07) is 0. The summed E-state index contributed by atoms with van der Waals surface area (Å²) in [6.07, 6.45) is 0.794. The van der Waals surface area contributed by atoms with E-state index >= 15 is 0 Å². The Balaban J connectivity index is 1.35. The number of rotatable bonds is 4. The van der Waals surface area contributed by atoms with Gasteiger partial charge in [-0.25, -0.2) is 13.4 Å². The summed E-state index contributed by atoms with van der Waals surface area (Å²) in [5.41, 5.74) is -0.257. The summed E-state index contributed by atoms with van der Waals surface area (Å²) in [6.45, 7) is 2.37. The van der Waals surface area contributed by atoms with Gasteiger partial charge in [0.15, 0.2) is 5.82 Å². The molecule has 29 heavy (non-hydrogen) atoms. The average molecular weight is 411 g/mol. The van der Waals surface area contributed by atoms with Crippen molar-refractivity contribution in [1.82, 2.24) is 25.4 Å². The molecule has 0 aromatic carbocycles. The van der Waals surface area contributed by atoms with Crippen molar-refractivity contribution in [3.05, 3.63) is 23.1 Å². The lowest BCUT2D eigenvalue weighted by Crippen LogP contribution is -2.46. The molecule has 158 valence electrons. The lowest BCUT2D eigenvalue weighted by atomic mass is 9.86. The van der Waals surface area contributed by atoms with Crippen LogP contribution in [0.5, 0.6) is 0 Å². The van der Waals surface area contributed by atoms with Crippen molar-refractivity contribution in [1.29, 1.82) is 0 Å². The molecular formula is C18H23F2N5O4. The molecule has 2 aromatic rings. The number of halogens is 2. The first kappa shape index (κ1) is 19.9. The number of aryl methyl sites for hydroxylation is 1. The molecule has 11 heteroatoms. The third kappa shape index (κ3) is 4.14. The predicted octanol–water partition coefficient (Wildman–Crippen LogP) is 2.11. The Hall–Kier alpha value is -2.43. The molecule has 1 amide bonds. The van der Waals surface area contributed by atoms with Gasteiger partial charge in [0.1, 0.15) is 17.0 Å². The van der Waals surface area contributed by atoms with Gasteiger partial charge >= 0.3 is 0 Å². The van der Waals surface area contributed by atoms with E-state index in [1.54, 1.807) is 11.8 Å². The maximum absolute atomic E-state index is 13.3. The zero-order valence-electron chi connectivity index (χ0n) is 16.1. The molecule has 2 fully saturated rings. The highest BCUT2D eigenvalue weighted by molar-refractivity contribution is 5.78. The van der Waals surface area contributed by atoms with Crippen LogP contribution < -0.4 is 0 Å². The van der Waals surface area contributed by atoms with Crippen LogP contribution in [0.3, 0.4) is 0 Å². The van der Waals surface area contributed by atoms with Gasteiger partial charge < -0.3 is 14.5 Å². The first-order chi connectivity index (χ1) is 13.8. The molecule has 2 aromatic heterocycles. The van der Waals surface area contributed by atoms with E-state index in [-0.39, 0.29) is 49.8 Å². The van der Waals surface area contributed by atoms with Crippen LogP contribution in [0.25, 0.3) is 0 Å². The first-order valence-electron chi connectivity index (χ1n) is 9.76. The van der Waals surface area contributed by atoms with Gasteiger partial charge in [-0.1, -0.05) is 15.5 Å². The van der Waals surface area contributed by atoms with Gasteiger partial charge in [-0.3, -0.25) is 4.79 Å². The predicted molar refractivity (Wildman–Crippen MR) is 92.9 cm³/mol. The Morgan fingerprint density at radius 2 is 1.86 bits per heavy atom. The van der Waals surface area contributed by atoms with E-state index in [1.807, 2.05) is 0 Å². The van der Waals surface area contributed by atoms with E-state index in [4.69, 9.17) is 4.52 Å². The van der Waals surface area contributed by atoms with E-state index in [2.05, 4.69) is 25.1 Å². The SMILES string of the molecule is Cc1nonc1CC(=O)N1CCC(O)(c2nc(C3CCC(F)(F)CC3)no2)CC1. The van der Waals surface area contributed by atoms with Crippen molar-refractivity contribution >= 4 is 5.91 Å². The van der Waals surface area contributed by atoms with Crippen LogP contribution in [0.2, 0.25) is 0 Å². The lowest BCUT2D eigenvalue weighted by Gasteiger charge is -2.35. The van der Waals surface area contributed by atoms with Gasteiger partial charge in [0, 0.05) is 44.7 Å². The van der Waals surface area contributed by atoms with Crippen LogP contribution in [0.4, 0.5) is 8.78 Å². The van der Waals surface area contributed by atoms with Crippen molar-refractivity contribution in [2.75, 3.05) is 13.1 Å². The molecule has 0 atom stereocenters. The number of nitrogens with zero attached hydrogens (tertiary/aromatic N) is 5. The summed E-state index contributed by atoms with van der Waals surface area (Å²) in [7, 11) is 0. The number of amides is 1. The second kappa shape index (κ2) is 7.43. The van der Waals surface area contributed by atoms with Gasteiger partial charge in [-0.15, -0.1) is 0 Å². The molecule has 3 heterocycles. The summed E-state index contributed by atoms with van der Waals surface area (Å²) < 4.78 is 36.6. The Morgan fingerprint density at radius 1 is 1.17 bits per heavy atom. The molecule has 1 aliphatic carbocycles. The van der Waals surface area contributed by atoms with Crippen LogP contribution in [0, 0.1) is 6.92 Å². The van der Waals surface area contributed by atoms with Crippen molar-refractivity contribution in [2.24, 2.45) is 0 Å². The molecule has 1 aliphatic heterocycles. The maximum atomic E-state index is 13.3. The Kier molecular flexibility index (Phi) is 5.09. The first-order valence-corrected chi connectivity index (χ1v) is 9.76. The molecular weight excluding hydrogens is 388 g/mol. The second-order valence-electron chi connectivity index (χ2n) is 7.97. The molecule has 1 saturated heterocycles. The Morgan fingerprint density at radius 3 is 2.48 bits per heavy atom. The molecule has 0 spiro atoms. The van der Waals surface area contributed by atoms with Crippen molar-refractivity contribution in [3.8, 4) is 0 Å². The van der Waals surface area contributed by atoms with Gasteiger partial charge in [-0.05, 0) is 19.8 Å². The van der Waals surface area contributed by atoms with Crippen LogP contribution in [0.15, 0.2) is 9.15 Å². The number of carbonyl (C=O) groups excluding carboxylic acids is 1. The van der Waals surface area contributed by atoms with E-state index in [9.17, 15) is 18.7 Å². The number of piperidine rings is 1. The molecule has 9 nitrogen and oxygen atoms in total. The number of aliphatic hydroxyl groups is 1. The summed E-state index contributed by atoms with van der Waals surface area (Å²) in [5.74, 6) is -2.47. The quantitative estimate of drug-likeness (QED) is 0.813. The number of carbonyl (C=O) groups is 1. The minimum atomic E-state index is -2.62. The van der Waals surface area contributed by atoms with Crippen LogP contribution in [0.1, 0.15) is 67.5 Å². The smallest absolute Gasteiger partial charge is 0.258 e. The molecule has 0 bridgehead atoms. The van der Waals surface area contributed by atoms with Crippen molar-refractivity contribution < 1.29 is 27.8 Å². The third-order valence-electron chi connectivity index (χ3n) is 5.93. The molecule has 0 unspecified atom stereocenters. The van der Waals surface area contributed by atoms with Gasteiger partial charge in [0.25, 0.3) is 5.89 Å². The lowest BCUT2D eigenvalue weighted by molar-refractivity contribution is -0.136. The van der Waals surface area contributed by atoms with Gasteiger partial charge in [0.05, 0.1) is 6.42 Å². The van der Waals surface area contributed by atoms with Crippen LogP contribution >= 0.6 is 0 Å². The monoisotopic (exact) mass is 411 g/mol. The number of hydrogen-bond donors (Lipinski definition) is 1. The van der Waals surface area contributed by atoms with Crippen molar-refractivity contribution in [3.63, 3.8) is 0 Å². The van der Waals surface area contributed by atoms with Crippen molar-refractivity contribution in [2.45, 2.75) is 69.3 Å². The van der Waals surface area contributed by atoms with Gasteiger partial charge in [0.2, 0.25) is 11.8 Å². The minimum absolute atomic E-state index is 0.0881. The summed E-state index contributed by atoms with van der Waals surface area (Å²) in [5, 5.41) is 22.3. The Bertz CT molecular complexity index is 865. The highest BCUT2D eigenvalue weighted by Crippen LogP contribution is 2.41. The fourth-order valence-electron chi connectivity index (χ4n) is 3.89. The fourth-order valence-corrected chi connectivity index (χ4v) is 3.89. The normalized spacial score (nSPS) is 22.0. The summed E-state index contributed by atoms with van der Waals surface area (Å²) >= 11 is 0. The maximum Gasteiger partial charge on any atom is 0.258 e. The molecule has 1 saturated carbocycles. The molecule has 4 rings (SSSR count). The number of likely N-dealkylation sites (tertiary alicyclic amines) is 1. The largest absolute Gasteiger partial charge is 0.380 e. The van der Waals surface area contributed by atoms with E-state index in [0.29, 0.717) is 43.1 Å². The average Bonchev–Trinajstić information content (AvgIpc) is 3.33. The zero-order chi connectivity index (χ0) is 20.6. The zero-order valence-corrected chi connectivity index (χ0v) is 16.1. The van der Waals surface area contributed by atoms with E-state index in [1.165, 1.54) is 0 Å². The summed E-state index contributed by atoms with van der Waals surface area (Å²) in [4.78, 5) is 18.4. The van der Waals surface area contributed by atoms with E-state index in [0.717, 1.165) is 0 Å². The molecule has 1 N–H and O–H groups in total. The van der Waals surface area contributed by atoms with E-state index < -0.39 is 11.5 Å². The second-order valence-corrected chi connectivity index (χ2v) is 7.97. The van der Waals surface area contributed by atoms with Gasteiger partial charge in [-0.2, -0.15) is 4.98 Å². The third-order valence-corrected chi connectivity index (χ3v) is 5.93. The standard InChI is InChI=1S/C18H23F2N5O4/c1-11-13(23-29-22-11)10-14(26)25-8-6-17(27,7-9-25)16-21-15(24-28-16)12-2-4-18(19,20)5-3-12/h12,27H,2-10H2,1H3. The van der Waals surface area contributed by atoms with Crippen LogP contribution in [-0.4, -0.2) is 55.4 Å². The number of alkyl halides is 2. The fraction of sp³-hybridized carbons (Fsp3) is 0.722. The Labute approximate surface area is 165 Å². The number of hydrogen-bond acceptors (Lipinski definition) is 8. The van der Waals surface area contributed by atoms with Crippen LogP contribution in [-0.2, 0) is 16.8 Å².